The first-order chi connectivity index (χ1) is 19.9. The van der Waals surface area contributed by atoms with Crippen LogP contribution in [0.1, 0.15) is 54.3 Å². The molecule has 0 fully saturated rings. The van der Waals surface area contributed by atoms with Gasteiger partial charge in [0.25, 0.3) is 0 Å². The van der Waals surface area contributed by atoms with Crippen LogP contribution in [0, 0.1) is 5.92 Å². The van der Waals surface area contributed by atoms with E-state index in [0.29, 0.717) is 6.42 Å². The average molecular weight is 571 g/mol. The van der Waals surface area contributed by atoms with Crippen molar-refractivity contribution < 1.29 is 18.6 Å². The van der Waals surface area contributed by atoms with Crippen LogP contribution in [0.4, 0.5) is 4.79 Å². The Hall–Kier alpha value is -3.70. The van der Waals surface area contributed by atoms with Crippen molar-refractivity contribution in [3.8, 4) is 0 Å². The van der Waals surface area contributed by atoms with Crippen molar-refractivity contribution >= 4 is 13.5 Å². The van der Waals surface area contributed by atoms with Gasteiger partial charge in [0.05, 0.1) is 6.04 Å². The Balaban J connectivity index is 1.71. The molecule has 0 saturated heterocycles. The topological polar surface area (TPSA) is 76.7 Å². The molecule has 4 rings (SSSR count). The number of carbonyl (C=O) groups is 1. The molecule has 0 radical (unpaired) electrons. The maximum absolute atomic E-state index is 15.2. The molecule has 0 aromatic heterocycles. The SMILES string of the molecule is COP(=O)(C(CC(C)C)NC(=O)OCc1ccccc1)C(NC(c1ccccc1)c1ccccc1)c1ccccc1. The average Bonchev–Trinajstić information content (AvgIpc) is 3.01. The Labute approximate surface area is 243 Å². The van der Waals surface area contributed by atoms with Gasteiger partial charge < -0.3 is 14.6 Å². The molecule has 4 aromatic carbocycles. The van der Waals surface area contributed by atoms with Crippen LogP contribution in [-0.4, -0.2) is 19.0 Å². The molecule has 0 aliphatic heterocycles. The van der Waals surface area contributed by atoms with Gasteiger partial charge in [-0.15, -0.1) is 0 Å². The largest absolute Gasteiger partial charge is 0.445 e. The van der Waals surface area contributed by atoms with Crippen molar-refractivity contribution in [2.24, 2.45) is 5.92 Å². The van der Waals surface area contributed by atoms with Crippen LogP contribution < -0.4 is 10.6 Å². The molecule has 3 unspecified atom stereocenters. The van der Waals surface area contributed by atoms with Crippen LogP contribution in [0.15, 0.2) is 121 Å². The summed E-state index contributed by atoms with van der Waals surface area (Å²) in [4.78, 5) is 13.1. The van der Waals surface area contributed by atoms with Crippen LogP contribution >= 0.6 is 7.37 Å². The molecule has 41 heavy (non-hydrogen) atoms. The number of amides is 1. The predicted molar refractivity (Wildman–Crippen MR) is 165 cm³/mol. The lowest BCUT2D eigenvalue weighted by Crippen LogP contribution is -2.40. The van der Waals surface area contributed by atoms with Gasteiger partial charge in [-0.05, 0) is 34.6 Å². The summed E-state index contributed by atoms with van der Waals surface area (Å²) in [5.41, 5.74) is 3.73. The Morgan fingerprint density at radius 3 is 1.66 bits per heavy atom. The maximum atomic E-state index is 15.2. The third-order valence-electron chi connectivity index (χ3n) is 6.98. The van der Waals surface area contributed by atoms with Gasteiger partial charge in [0.2, 0.25) is 7.37 Å². The maximum Gasteiger partial charge on any atom is 0.408 e. The Morgan fingerprint density at radius 1 is 0.732 bits per heavy atom. The number of carbonyl (C=O) groups excluding carboxylic acids is 1. The zero-order valence-electron chi connectivity index (χ0n) is 23.9. The molecule has 214 valence electrons. The van der Waals surface area contributed by atoms with Gasteiger partial charge in [0, 0.05) is 7.11 Å². The first kappa shape index (κ1) is 30.3. The molecular weight excluding hydrogens is 531 g/mol. The quantitative estimate of drug-likeness (QED) is 0.158. The summed E-state index contributed by atoms with van der Waals surface area (Å²) in [7, 11) is -2.20. The van der Waals surface area contributed by atoms with Gasteiger partial charge in [0.1, 0.15) is 18.2 Å². The van der Waals surface area contributed by atoms with Crippen molar-refractivity contribution in [3.63, 3.8) is 0 Å². The third-order valence-corrected chi connectivity index (χ3v) is 9.92. The Morgan fingerprint density at radius 2 is 1.20 bits per heavy atom. The van der Waals surface area contributed by atoms with E-state index in [1.807, 2.05) is 111 Å². The van der Waals surface area contributed by atoms with E-state index >= 15 is 4.57 Å². The van der Waals surface area contributed by atoms with E-state index in [4.69, 9.17) is 9.26 Å². The molecule has 0 aliphatic carbocycles. The van der Waals surface area contributed by atoms with Crippen LogP contribution in [0.5, 0.6) is 0 Å². The van der Waals surface area contributed by atoms with Gasteiger partial charge in [0.15, 0.2) is 0 Å². The van der Waals surface area contributed by atoms with Crippen molar-refractivity contribution in [3.05, 3.63) is 144 Å². The smallest absolute Gasteiger partial charge is 0.408 e. The van der Waals surface area contributed by atoms with Gasteiger partial charge >= 0.3 is 6.09 Å². The van der Waals surface area contributed by atoms with Gasteiger partial charge in [-0.1, -0.05) is 135 Å². The highest BCUT2D eigenvalue weighted by molar-refractivity contribution is 7.60. The molecule has 0 heterocycles. The minimum Gasteiger partial charge on any atom is -0.445 e. The number of benzene rings is 4. The lowest BCUT2D eigenvalue weighted by atomic mass is 9.98. The van der Waals surface area contributed by atoms with Crippen LogP contribution in [-0.2, 0) is 20.4 Å². The zero-order valence-corrected chi connectivity index (χ0v) is 24.7. The van der Waals surface area contributed by atoms with Crippen LogP contribution in [0.25, 0.3) is 0 Å². The zero-order chi connectivity index (χ0) is 29.1. The molecule has 0 saturated carbocycles. The summed E-state index contributed by atoms with van der Waals surface area (Å²) >= 11 is 0. The third kappa shape index (κ3) is 8.17. The van der Waals surface area contributed by atoms with Crippen molar-refractivity contribution in [1.82, 2.24) is 10.6 Å². The van der Waals surface area contributed by atoms with Gasteiger partial charge in [-0.3, -0.25) is 9.88 Å². The van der Waals surface area contributed by atoms with Gasteiger partial charge in [-0.2, -0.15) is 0 Å². The van der Waals surface area contributed by atoms with Crippen molar-refractivity contribution in [2.75, 3.05) is 7.11 Å². The highest BCUT2D eigenvalue weighted by Gasteiger charge is 2.44. The molecule has 7 heteroatoms. The van der Waals surface area contributed by atoms with Crippen molar-refractivity contribution in [1.29, 1.82) is 0 Å². The number of nitrogens with one attached hydrogen (secondary N) is 2. The summed E-state index contributed by atoms with van der Waals surface area (Å²) in [6.07, 6.45) is -0.191. The molecular formula is C34H39N2O4P. The number of ether oxygens (including phenoxy) is 1. The van der Waals surface area contributed by atoms with Crippen molar-refractivity contribution in [2.45, 2.75) is 44.5 Å². The predicted octanol–water partition coefficient (Wildman–Crippen LogP) is 8.29. The van der Waals surface area contributed by atoms with Gasteiger partial charge in [-0.25, -0.2) is 4.79 Å². The summed E-state index contributed by atoms with van der Waals surface area (Å²) in [6, 6.07) is 39.0. The van der Waals surface area contributed by atoms with E-state index in [1.165, 1.54) is 7.11 Å². The van der Waals surface area contributed by atoms with E-state index in [2.05, 4.69) is 34.9 Å². The Bertz CT molecular complexity index is 1350. The molecule has 0 spiro atoms. The monoisotopic (exact) mass is 570 g/mol. The second-order valence-electron chi connectivity index (χ2n) is 10.4. The fourth-order valence-corrected chi connectivity index (χ4v) is 7.70. The van der Waals surface area contributed by atoms with Crippen LogP contribution in [0.3, 0.4) is 0 Å². The standard InChI is InChI=1S/C34H39N2O4P/c1-26(2)24-31(35-34(37)40-25-27-16-8-4-9-17-27)41(38,39-3)33(30-22-14-7-15-23-30)36-32(28-18-10-5-11-19-28)29-20-12-6-13-21-29/h4-23,26,31-33,36H,24-25H2,1-3H3,(H,35,37). The second-order valence-corrected chi connectivity index (χ2v) is 13.2. The normalized spacial score (nSPS) is 14.3. The van der Waals surface area contributed by atoms with Crippen LogP contribution in [0.2, 0.25) is 0 Å². The number of hydrogen-bond donors (Lipinski definition) is 2. The lowest BCUT2D eigenvalue weighted by molar-refractivity contribution is 0.136. The number of rotatable bonds is 13. The van der Waals surface area contributed by atoms with E-state index in [0.717, 1.165) is 22.3 Å². The van der Waals surface area contributed by atoms with E-state index in [9.17, 15) is 4.79 Å². The highest BCUT2D eigenvalue weighted by Crippen LogP contribution is 2.63. The van der Waals surface area contributed by atoms with E-state index in [1.54, 1.807) is 0 Å². The summed E-state index contributed by atoms with van der Waals surface area (Å²) in [5, 5.41) is 6.62. The fourth-order valence-electron chi connectivity index (χ4n) is 4.93. The minimum atomic E-state index is -3.66. The number of hydrogen-bond acceptors (Lipinski definition) is 5. The first-order valence-electron chi connectivity index (χ1n) is 13.9. The lowest BCUT2D eigenvalue weighted by Gasteiger charge is -2.37. The molecule has 0 aliphatic rings. The summed E-state index contributed by atoms with van der Waals surface area (Å²) < 4.78 is 26.7. The summed E-state index contributed by atoms with van der Waals surface area (Å²) in [5.74, 6) is -1.38. The minimum absolute atomic E-state index is 0.114. The van der Waals surface area contributed by atoms with E-state index < -0.39 is 25.0 Å². The highest BCUT2D eigenvalue weighted by atomic mass is 31.2. The fraction of sp³-hybridized carbons (Fsp3) is 0.265. The Kier molecular flexibility index (Phi) is 10.9. The first-order valence-corrected chi connectivity index (χ1v) is 15.7. The summed E-state index contributed by atoms with van der Waals surface area (Å²) in [6.45, 7) is 4.18. The molecule has 0 bridgehead atoms. The molecule has 4 aromatic rings. The molecule has 6 nitrogen and oxygen atoms in total. The molecule has 3 atom stereocenters. The molecule has 1 amide bonds. The van der Waals surface area contributed by atoms with E-state index in [-0.39, 0.29) is 18.6 Å². The second kappa shape index (κ2) is 14.8. The number of alkyl carbamates (subject to hydrolysis) is 1. The molecule has 2 N–H and O–H groups in total.